The van der Waals surface area contributed by atoms with Crippen LogP contribution in [0.3, 0.4) is 0 Å². The van der Waals surface area contributed by atoms with E-state index < -0.39 is 0 Å². The van der Waals surface area contributed by atoms with E-state index in [0.717, 1.165) is 11.4 Å². The maximum Gasteiger partial charge on any atom is 0.0495 e. The second-order valence-electron chi connectivity index (χ2n) is 4.48. The minimum atomic E-state index is 0.115. The van der Waals surface area contributed by atoms with Crippen LogP contribution in [0, 0.1) is 0 Å². The van der Waals surface area contributed by atoms with E-state index in [-0.39, 0.29) is 11.3 Å². The highest BCUT2D eigenvalue weighted by Crippen LogP contribution is 2.38. The molecule has 2 aromatic rings. The van der Waals surface area contributed by atoms with E-state index in [2.05, 4.69) is 37.3 Å². The van der Waals surface area contributed by atoms with Crippen LogP contribution in [0.25, 0.3) is 0 Å². The molecule has 2 unspecified atom stereocenters. The van der Waals surface area contributed by atoms with Crippen LogP contribution in [-0.4, -0.2) is 6.04 Å². The third kappa shape index (κ3) is 4.00. The fourth-order valence-electron chi connectivity index (χ4n) is 1.95. The van der Waals surface area contributed by atoms with Crippen molar-refractivity contribution in [3.05, 3.63) is 65.2 Å². The second-order valence-corrected chi connectivity index (χ2v) is 6.13. The molecule has 2 atom stereocenters. The van der Waals surface area contributed by atoms with E-state index in [0.29, 0.717) is 0 Å². The molecule has 2 aromatic carbocycles. The van der Waals surface area contributed by atoms with E-state index >= 15 is 0 Å². The van der Waals surface area contributed by atoms with Gasteiger partial charge in [0.15, 0.2) is 0 Å². The van der Waals surface area contributed by atoms with E-state index in [4.69, 9.17) is 17.3 Å². The van der Waals surface area contributed by atoms with Crippen molar-refractivity contribution >= 4 is 23.4 Å². The first-order chi connectivity index (χ1) is 9.20. The molecule has 0 amide bonds. The van der Waals surface area contributed by atoms with Crippen molar-refractivity contribution in [1.29, 1.82) is 0 Å². The zero-order chi connectivity index (χ0) is 13.7. The molecule has 2 N–H and O–H groups in total. The molecular formula is C16H18ClNS. The van der Waals surface area contributed by atoms with Gasteiger partial charge in [0.05, 0.1) is 0 Å². The first-order valence-corrected chi connectivity index (χ1v) is 7.69. The van der Waals surface area contributed by atoms with Gasteiger partial charge in [0.1, 0.15) is 0 Å². The standard InChI is InChI=1S/C16H18ClNS/c1-2-15(18)16(12-7-6-8-13(17)11-12)19-14-9-4-3-5-10-14/h3-11,15-16H,2,18H2,1H3. The summed E-state index contributed by atoms with van der Waals surface area (Å²) in [6.45, 7) is 2.12. The molecule has 0 saturated heterocycles. The Bertz CT molecular complexity index is 515. The van der Waals surface area contributed by atoms with Crippen LogP contribution in [0.1, 0.15) is 24.2 Å². The first kappa shape index (κ1) is 14.4. The van der Waals surface area contributed by atoms with Gasteiger partial charge < -0.3 is 5.73 Å². The van der Waals surface area contributed by atoms with Gasteiger partial charge in [0.2, 0.25) is 0 Å². The van der Waals surface area contributed by atoms with Crippen molar-refractivity contribution in [2.75, 3.05) is 0 Å². The molecule has 0 fully saturated rings. The Morgan fingerprint density at radius 2 is 1.84 bits per heavy atom. The monoisotopic (exact) mass is 291 g/mol. The Hall–Kier alpha value is -0.960. The number of rotatable bonds is 5. The van der Waals surface area contributed by atoms with E-state index in [9.17, 15) is 0 Å². The summed E-state index contributed by atoms with van der Waals surface area (Å²) >= 11 is 7.89. The maximum atomic E-state index is 6.28. The molecule has 0 bridgehead atoms. The Morgan fingerprint density at radius 1 is 1.11 bits per heavy atom. The molecule has 0 aliphatic heterocycles. The highest BCUT2D eigenvalue weighted by molar-refractivity contribution is 7.99. The molecule has 1 nitrogen and oxygen atoms in total. The predicted octanol–water partition coefficient (Wildman–Crippen LogP) is 4.91. The summed E-state index contributed by atoms with van der Waals surface area (Å²) in [5.41, 5.74) is 7.47. The van der Waals surface area contributed by atoms with E-state index in [1.807, 2.05) is 24.3 Å². The van der Waals surface area contributed by atoms with Crippen molar-refractivity contribution in [2.45, 2.75) is 29.5 Å². The van der Waals surface area contributed by atoms with Gasteiger partial charge in [0, 0.05) is 21.2 Å². The maximum absolute atomic E-state index is 6.28. The summed E-state index contributed by atoms with van der Waals surface area (Å²) in [4.78, 5) is 1.23. The summed E-state index contributed by atoms with van der Waals surface area (Å²) in [6, 6.07) is 18.5. The number of halogens is 1. The summed E-state index contributed by atoms with van der Waals surface area (Å²) in [7, 11) is 0. The molecule has 0 saturated carbocycles. The lowest BCUT2D eigenvalue weighted by atomic mass is 10.0. The minimum absolute atomic E-state index is 0.115. The van der Waals surface area contributed by atoms with E-state index in [1.54, 1.807) is 11.8 Å². The largest absolute Gasteiger partial charge is 0.326 e. The van der Waals surface area contributed by atoms with Gasteiger partial charge in [0.25, 0.3) is 0 Å². The molecule has 0 spiro atoms. The summed E-state index contributed by atoms with van der Waals surface area (Å²) < 4.78 is 0. The third-order valence-electron chi connectivity index (χ3n) is 3.04. The molecule has 3 heteroatoms. The molecule has 0 aliphatic rings. The second kappa shape index (κ2) is 6.99. The van der Waals surface area contributed by atoms with Gasteiger partial charge in [-0.3, -0.25) is 0 Å². The third-order valence-corrected chi connectivity index (χ3v) is 4.70. The van der Waals surface area contributed by atoms with Crippen LogP contribution < -0.4 is 5.73 Å². The molecule has 19 heavy (non-hydrogen) atoms. The zero-order valence-electron chi connectivity index (χ0n) is 10.9. The first-order valence-electron chi connectivity index (χ1n) is 6.43. The fraction of sp³-hybridized carbons (Fsp3) is 0.250. The van der Waals surface area contributed by atoms with Gasteiger partial charge in [-0.05, 0) is 36.2 Å². The van der Waals surface area contributed by atoms with Crippen LogP contribution in [-0.2, 0) is 0 Å². The minimum Gasteiger partial charge on any atom is -0.326 e. The lowest BCUT2D eigenvalue weighted by Gasteiger charge is -2.23. The molecule has 100 valence electrons. The number of nitrogens with two attached hydrogens (primary N) is 1. The Kier molecular flexibility index (Phi) is 5.32. The van der Waals surface area contributed by atoms with Crippen molar-refractivity contribution in [3.8, 4) is 0 Å². The average molecular weight is 292 g/mol. The van der Waals surface area contributed by atoms with Gasteiger partial charge in [-0.15, -0.1) is 11.8 Å². The van der Waals surface area contributed by atoms with Gasteiger partial charge in [-0.2, -0.15) is 0 Å². The number of thioether (sulfide) groups is 1. The molecule has 0 heterocycles. The summed E-state index contributed by atoms with van der Waals surface area (Å²) in [5.74, 6) is 0. The fourth-order valence-corrected chi connectivity index (χ4v) is 3.40. The molecule has 2 rings (SSSR count). The molecule has 0 aliphatic carbocycles. The van der Waals surface area contributed by atoms with Crippen molar-refractivity contribution in [2.24, 2.45) is 5.73 Å². The lowest BCUT2D eigenvalue weighted by Crippen LogP contribution is -2.25. The number of benzene rings is 2. The summed E-state index contributed by atoms with van der Waals surface area (Å²) in [6.07, 6.45) is 0.941. The number of hydrogen-bond acceptors (Lipinski definition) is 2. The van der Waals surface area contributed by atoms with Crippen LogP contribution in [0.5, 0.6) is 0 Å². The Labute approximate surface area is 124 Å². The van der Waals surface area contributed by atoms with Crippen LogP contribution in [0.2, 0.25) is 5.02 Å². The van der Waals surface area contributed by atoms with Gasteiger partial charge in [-0.25, -0.2) is 0 Å². The smallest absolute Gasteiger partial charge is 0.0495 e. The highest BCUT2D eigenvalue weighted by atomic mass is 35.5. The van der Waals surface area contributed by atoms with Gasteiger partial charge >= 0.3 is 0 Å². The Morgan fingerprint density at radius 3 is 2.47 bits per heavy atom. The Balaban J connectivity index is 2.26. The predicted molar refractivity (Wildman–Crippen MR) is 84.8 cm³/mol. The van der Waals surface area contributed by atoms with Crippen LogP contribution in [0.4, 0.5) is 0 Å². The molecule has 0 radical (unpaired) electrons. The van der Waals surface area contributed by atoms with Crippen molar-refractivity contribution in [1.82, 2.24) is 0 Å². The zero-order valence-corrected chi connectivity index (χ0v) is 12.5. The molecular weight excluding hydrogens is 274 g/mol. The highest BCUT2D eigenvalue weighted by Gasteiger charge is 2.20. The SMILES string of the molecule is CCC(N)C(Sc1ccccc1)c1cccc(Cl)c1. The van der Waals surface area contributed by atoms with Crippen molar-refractivity contribution < 1.29 is 0 Å². The molecule has 0 aromatic heterocycles. The van der Waals surface area contributed by atoms with Gasteiger partial charge in [-0.1, -0.05) is 48.9 Å². The van der Waals surface area contributed by atoms with E-state index in [1.165, 1.54) is 10.5 Å². The topological polar surface area (TPSA) is 26.0 Å². The number of hydrogen-bond donors (Lipinski definition) is 1. The normalized spacial score (nSPS) is 14.1. The quantitative estimate of drug-likeness (QED) is 0.792. The summed E-state index contributed by atoms with van der Waals surface area (Å²) in [5, 5.41) is 0.991. The average Bonchev–Trinajstić information content (AvgIpc) is 2.45. The lowest BCUT2D eigenvalue weighted by molar-refractivity contribution is 0.634. The van der Waals surface area contributed by atoms with Crippen LogP contribution >= 0.6 is 23.4 Å². The van der Waals surface area contributed by atoms with Crippen LogP contribution in [0.15, 0.2) is 59.5 Å². The van der Waals surface area contributed by atoms with Crippen molar-refractivity contribution in [3.63, 3.8) is 0 Å².